The molecule has 0 aliphatic rings. The van der Waals surface area contributed by atoms with E-state index in [4.69, 9.17) is 12.2 Å². The van der Waals surface area contributed by atoms with Crippen molar-refractivity contribution in [2.45, 2.75) is 26.3 Å². The number of aromatic nitrogens is 6. The molecule has 0 amide bonds. The number of nitrogens with one attached hydrogen (secondary N) is 1. The Morgan fingerprint density at radius 3 is 2.95 bits per heavy atom. The summed E-state index contributed by atoms with van der Waals surface area (Å²) >= 11 is 5.43. The molecule has 3 aromatic heterocycles. The van der Waals surface area contributed by atoms with Gasteiger partial charge in [0.25, 0.3) is 0 Å². The molecule has 3 heterocycles. The average Bonchev–Trinajstić information content (AvgIpc) is 2.91. The smallest absolute Gasteiger partial charge is 0.179 e. The van der Waals surface area contributed by atoms with Crippen LogP contribution in [-0.4, -0.2) is 29.3 Å². The van der Waals surface area contributed by atoms with E-state index in [-0.39, 0.29) is 0 Å². The zero-order chi connectivity index (χ0) is 14.1. The summed E-state index contributed by atoms with van der Waals surface area (Å²) in [5.74, 6) is 0. The van der Waals surface area contributed by atoms with Gasteiger partial charge in [0.2, 0.25) is 0 Å². The Morgan fingerprint density at radius 2 is 2.25 bits per heavy atom. The summed E-state index contributed by atoms with van der Waals surface area (Å²) < 4.78 is 4.61. The topological polar surface area (TPSA) is 64.3 Å². The number of aryl methyl sites for hydroxylation is 2. The highest BCUT2D eigenvalue weighted by Crippen LogP contribution is 2.19. The van der Waals surface area contributed by atoms with Crippen LogP contribution in [0.3, 0.4) is 0 Å². The van der Waals surface area contributed by atoms with Crippen LogP contribution >= 0.6 is 12.2 Å². The molecule has 20 heavy (non-hydrogen) atoms. The van der Waals surface area contributed by atoms with Gasteiger partial charge in [-0.2, -0.15) is 5.10 Å². The van der Waals surface area contributed by atoms with Crippen molar-refractivity contribution in [3.63, 3.8) is 0 Å². The zero-order valence-electron chi connectivity index (χ0n) is 11.5. The monoisotopic (exact) mass is 288 g/mol. The summed E-state index contributed by atoms with van der Waals surface area (Å²) in [6.07, 6.45) is 5.29. The first-order chi connectivity index (χ1) is 9.70. The molecule has 0 saturated heterocycles. The van der Waals surface area contributed by atoms with Gasteiger partial charge < -0.3 is 4.98 Å². The van der Waals surface area contributed by atoms with Crippen LogP contribution in [0, 0.1) is 4.77 Å². The van der Waals surface area contributed by atoms with E-state index in [0.29, 0.717) is 11.3 Å². The van der Waals surface area contributed by atoms with Gasteiger partial charge in [-0.1, -0.05) is 13.3 Å². The van der Waals surface area contributed by atoms with E-state index >= 15 is 0 Å². The molecule has 0 fully saturated rings. The molecule has 3 rings (SSSR count). The maximum absolute atomic E-state index is 5.43. The van der Waals surface area contributed by atoms with Crippen molar-refractivity contribution in [1.29, 1.82) is 0 Å². The molecule has 0 atom stereocenters. The second-order valence-corrected chi connectivity index (χ2v) is 5.12. The number of fused-ring (bicyclic) bond motifs is 1. The van der Waals surface area contributed by atoms with Crippen LogP contribution in [0.15, 0.2) is 18.6 Å². The molecule has 0 saturated carbocycles. The molecule has 7 heteroatoms. The second kappa shape index (κ2) is 5.16. The van der Waals surface area contributed by atoms with Crippen molar-refractivity contribution >= 4 is 23.4 Å². The standard InChI is InChI=1S/C13H16N6S/c1-3-4-10-11-12(18(2)17-10)19(13(20)16-11)7-9-5-6-14-8-15-9/h5-6,8H,3-4,7H2,1-2H3,(H,16,20). The molecule has 1 N–H and O–H groups in total. The SMILES string of the molecule is CCCc1nn(C)c2c1[nH]c(=S)n2Cc1ccncn1. The molecule has 104 valence electrons. The third kappa shape index (κ3) is 2.14. The molecular weight excluding hydrogens is 272 g/mol. The number of H-pyrrole nitrogens is 1. The van der Waals surface area contributed by atoms with Gasteiger partial charge in [-0.25, -0.2) is 9.97 Å². The first kappa shape index (κ1) is 13.0. The van der Waals surface area contributed by atoms with E-state index in [1.807, 2.05) is 22.4 Å². The highest BCUT2D eigenvalue weighted by Gasteiger charge is 2.15. The average molecular weight is 288 g/mol. The molecule has 0 bridgehead atoms. The van der Waals surface area contributed by atoms with Gasteiger partial charge >= 0.3 is 0 Å². The van der Waals surface area contributed by atoms with Gasteiger partial charge in [-0.15, -0.1) is 0 Å². The highest BCUT2D eigenvalue weighted by molar-refractivity contribution is 7.71. The molecule has 0 aliphatic carbocycles. The van der Waals surface area contributed by atoms with E-state index in [0.717, 1.165) is 35.4 Å². The van der Waals surface area contributed by atoms with E-state index < -0.39 is 0 Å². The van der Waals surface area contributed by atoms with Gasteiger partial charge in [0.05, 0.1) is 17.9 Å². The summed E-state index contributed by atoms with van der Waals surface area (Å²) in [6, 6.07) is 1.89. The molecule has 0 aliphatic heterocycles. The van der Waals surface area contributed by atoms with Crippen molar-refractivity contribution in [3.8, 4) is 0 Å². The largest absolute Gasteiger partial charge is 0.328 e. The first-order valence-electron chi connectivity index (χ1n) is 6.60. The van der Waals surface area contributed by atoms with Gasteiger partial charge in [-0.3, -0.25) is 9.25 Å². The number of hydrogen-bond donors (Lipinski definition) is 1. The predicted molar refractivity (Wildman–Crippen MR) is 79.0 cm³/mol. The van der Waals surface area contributed by atoms with Crippen LogP contribution in [0.5, 0.6) is 0 Å². The van der Waals surface area contributed by atoms with Crippen LogP contribution in [0.2, 0.25) is 0 Å². The van der Waals surface area contributed by atoms with Crippen LogP contribution in [0.4, 0.5) is 0 Å². The van der Waals surface area contributed by atoms with Crippen molar-refractivity contribution < 1.29 is 0 Å². The minimum Gasteiger partial charge on any atom is -0.328 e. The van der Waals surface area contributed by atoms with E-state index in [1.54, 1.807) is 12.5 Å². The lowest BCUT2D eigenvalue weighted by Gasteiger charge is -2.03. The molecule has 0 spiro atoms. The molecular formula is C13H16N6S. The van der Waals surface area contributed by atoms with E-state index in [1.165, 1.54) is 0 Å². The van der Waals surface area contributed by atoms with Gasteiger partial charge in [0, 0.05) is 13.2 Å². The van der Waals surface area contributed by atoms with Gasteiger partial charge in [0.15, 0.2) is 10.4 Å². The lowest BCUT2D eigenvalue weighted by Crippen LogP contribution is -2.05. The van der Waals surface area contributed by atoms with Crippen LogP contribution in [-0.2, 0) is 20.0 Å². The summed E-state index contributed by atoms with van der Waals surface area (Å²) in [5, 5.41) is 4.57. The number of aromatic amines is 1. The Labute approximate surface area is 121 Å². The van der Waals surface area contributed by atoms with E-state index in [2.05, 4.69) is 27.0 Å². The Balaban J connectivity index is 2.11. The fourth-order valence-corrected chi connectivity index (χ4v) is 2.66. The van der Waals surface area contributed by atoms with Crippen molar-refractivity contribution in [2.75, 3.05) is 0 Å². The summed E-state index contributed by atoms with van der Waals surface area (Å²) in [4.78, 5) is 11.5. The number of imidazole rings is 1. The Bertz CT molecular complexity index is 782. The Hall–Kier alpha value is -2.02. The molecule has 6 nitrogen and oxygen atoms in total. The normalized spacial score (nSPS) is 11.3. The van der Waals surface area contributed by atoms with Gasteiger partial charge in [-0.05, 0) is 24.7 Å². The fraction of sp³-hybridized carbons (Fsp3) is 0.385. The van der Waals surface area contributed by atoms with Crippen molar-refractivity contribution in [3.05, 3.63) is 34.7 Å². The number of rotatable bonds is 4. The molecule has 0 radical (unpaired) electrons. The summed E-state index contributed by atoms with van der Waals surface area (Å²) in [7, 11) is 1.95. The fourth-order valence-electron chi connectivity index (χ4n) is 2.41. The van der Waals surface area contributed by atoms with E-state index in [9.17, 15) is 0 Å². The van der Waals surface area contributed by atoms with Crippen LogP contribution < -0.4 is 0 Å². The third-order valence-corrected chi connectivity index (χ3v) is 3.59. The summed E-state index contributed by atoms with van der Waals surface area (Å²) in [6.45, 7) is 2.76. The predicted octanol–water partition coefficient (Wildman–Crippen LogP) is 2.22. The Kier molecular flexibility index (Phi) is 3.35. The maximum atomic E-state index is 5.43. The Morgan fingerprint density at radius 1 is 1.40 bits per heavy atom. The maximum Gasteiger partial charge on any atom is 0.179 e. The number of hydrogen-bond acceptors (Lipinski definition) is 4. The molecule has 3 aromatic rings. The minimum absolute atomic E-state index is 0.618. The van der Waals surface area contributed by atoms with Crippen molar-refractivity contribution in [2.24, 2.45) is 7.05 Å². The lowest BCUT2D eigenvalue weighted by molar-refractivity contribution is 0.696. The zero-order valence-corrected chi connectivity index (χ0v) is 12.3. The molecule has 0 unspecified atom stereocenters. The quantitative estimate of drug-likeness (QED) is 0.748. The first-order valence-corrected chi connectivity index (χ1v) is 7.00. The van der Waals surface area contributed by atoms with Crippen LogP contribution in [0.25, 0.3) is 11.2 Å². The third-order valence-electron chi connectivity index (χ3n) is 3.27. The van der Waals surface area contributed by atoms with Crippen molar-refractivity contribution in [1.82, 2.24) is 29.3 Å². The summed E-state index contributed by atoms with van der Waals surface area (Å²) in [5.41, 5.74) is 4.04. The lowest BCUT2D eigenvalue weighted by atomic mass is 10.2. The number of nitrogens with zero attached hydrogens (tertiary/aromatic N) is 5. The van der Waals surface area contributed by atoms with Gasteiger partial charge in [0.1, 0.15) is 11.8 Å². The van der Waals surface area contributed by atoms with Crippen LogP contribution in [0.1, 0.15) is 24.7 Å². The highest BCUT2D eigenvalue weighted by atomic mass is 32.1. The molecule has 0 aromatic carbocycles. The second-order valence-electron chi connectivity index (χ2n) is 4.74. The minimum atomic E-state index is 0.618.